The lowest BCUT2D eigenvalue weighted by Gasteiger charge is -2.34. The first-order valence-electron chi connectivity index (χ1n) is 12.8. The number of aromatic nitrogens is 2. The molecule has 4 aromatic rings. The number of amides is 1. The van der Waals surface area contributed by atoms with E-state index in [0.29, 0.717) is 11.6 Å². The number of carbonyl (C=O) groups is 1. The first-order valence-corrected chi connectivity index (χ1v) is 12.8. The van der Waals surface area contributed by atoms with Gasteiger partial charge in [-0.2, -0.15) is 5.10 Å². The maximum Gasteiger partial charge on any atom is 0.228 e. The molecule has 0 unspecified atom stereocenters. The smallest absolute Gasteiger partial charge is 0.228 e. The maximum absolute atomic E-state index is 13.3. The highest BCUT2D eigenvalue weighted by Gasteiger charge is 2.19. The molecule has 2 N–H and O–H groups in total. The number of anilines is 2. The van der Waals surface area contributed by atoms with E-state index in [4.69, 9.17) is 0 Å². The predicted molar refractivity (Wildman–Crippen MR) is 145 cm³/mol. The normalized spacial score (nSPS) is 14.0. The molecule has 1 aliphatic rings. The third kappa shape index (κ3) is 7.05. The van der Waals surface area contributed by atoms with Gasteiger partial charge in [0.1, 0.15) is 5.82 Å². The summed E-state index contributed by atoms with van der Waals surface area (Å²) in [5, 5.41) is 11.1. The van der Waals surface area contributed by atoms with E-state index in [1.165, 1.54) is 23.3 Å². The minimum absolute atomic E-state index is 0.147. The summed E-state index contributed by atoms with van der Waals surface area (Å²) in [6, 6.07) is 24.9. The Hall–Kier alpha value is -3.97. The third-order valence-corrected chi connectivity index (χ3v) is 6.73. The molecule has 6 nitrogen and oxygen atoms in total. The maximum atomic E-state index is 13.3. The van der Waals surface area contributed by atoms with Crippen molar-refractivity contribution < 1.29 is 9.18 Å². The zero-order chi connectivity index (χ0) is 25.5. The fraction of sp³-hybridized carbons (Fsp3) is 0.267. The molecule has 7 heteroatoms. The Labute approximate surface area is 217 Å². The van der Waals surface area contributed by atoms with Gasteiger partial charge in [0.05, 0.1) is 19.2 Å². The summed E-state index contributed by atoms with van der Waals surface area (Å²) >= 11 is 0. The van der Waals surface area contributed by atoms with E-state index in [2.05, 4.69) is 51.1 Å². The zero-order valence-corrected chi connectivity index (χ0v) is 20.8. The Morgan fingerprint density at radius 3 is 2.43 bits per heavy atom. The van der Waals surface area contributed by atoms with Crippen molar-refractivity contribution in [2.45, 2.75) is 38.4 Å². The first kappa shape index (κ1) is 24.7. The molecule has 0 saturated carbocycles. The number of halogens is 1. The van der Waals surface area contributed by atoms with Crippen molar-refractivity contribution in [2.24, 2.45) is 0 Å². The largest absolute Gasteiger partial charge is 0.371 e. The predicted octanol–water partition coefficient (Wildman–Crippen LogP) is 5.01. The Kier molecular flexibility index (Phi) is 7.91. The summed E-state index contributed by atoms with van der Waals surface area (Å²) in [4.78, 5) is 14.7. The quantitative estimate of drug-likeness (QED) is 0.341. The van der Waals surface area contributed by atoms with Gasteiger partial charge in [0.25, 0.3) is 0 Å². The van der Waals surface area contributed by atoms with Crippen LogP contribution in [0.4, 0.5) is 15.8 Å². The van der Waals surface area contributed by atoms with Crippen LogP contribution in [0.5, 0.6) is 0 Å². The summed E-state index contributed by atoms with van der Waals surface area (Å²) in [6.07, 6.45) is 6.36. The van der Waals surface area contributed by atoms with Gasteiger partial charge in [-0.3, -0.25) is 9.48 Å². The molecule has 1 aliphatic heterocycles. The van der Waals surface area contributed by atoms with E-state index >= 15 is 0 Å². The van der Waals surface area contributed by atoms with Crippen molar-refractivity contribution in [3.8, 4) is 0 Å². The van der Waals surface area contributed by atoms with Gasteiger partial charge < -0.3 is 15.5 Å². The second-order valence-corrected chi connectivity index (χ2v) is 9.58. The van der Waals surface area contributed by atoms with E-state index in [1.807, 2.05) is 41.2 Å². The number of hydrogen-bond donors (Lipinski definition) is 2. The topological polar surface area (TPSA) is 62.2 Å². The number of nitrogens with one attached hydrogen (secondary N) is 2. The van der Waals surface area contributed by atoms with Crippen molar-refractivity contribution in [3.63, 3.8) is 0 Å². The average Bonchev–Trinajstić information content (AvgIpc) is 3.36. The highest BCUT2D eigenvalue weighted by molar-refractivity contribution is 5.92. The summed E-state index contributed by atoms with van der Waals surface area (Å²) < 4.78 is 15.3. The highest BCUT2D eigenvalue weighted by Crippen LogP contribution is 2.22. The van der Waals surface area contributed by atoms with Gasteiger partial charge in [0, 0.05) is 48.8 Å². The van der Waals surface area contributed by atoms with Crippen LogP contribution in [0, 0.1) is 5.82 Å². The average molecular weight is 498 g/mol. The van der Waals surface area contributed by atoms with Gasteiger partial charge in [0.2, 0.25) is 5.91 Å². The van der Waals surface area contributed by atoms with Crippen LogP contribution in [0.2, 0.25) is 0 Å². The molecule has 0 bridgehead atoms. The molecule has 0 spiro atoms. The molecule has 37 heavy (non-hydrogen) atoms. The molecular weight excluding hydrogens is 465 g/mol. The zero-order valence-electron chi connectivity index (χ0n) is 20.8. The van der Waals surface area contributed by atoms with E-state index in [-0.39, 0.29) is 18.1 Å². The van der Waals surface area contributed by atoms with Crippen LogP contribution in [-0.2, 0) is 24.3 Å². The van der Waals surface area contributed by atoms with Crippen LogP contribution in [-0.4, -0.2) is 34.8 Å². The molecule has 3 aromatic carbocycles. The van der Waals surface area contributed by atoms with Crippen LogP contribution >= 0.6 is 0 Å². The Morgan fingerprint density at radius 2 is 1.68 bits per heavy atom. The lowest BCUT2D eigenvalue weighted by molar-refractivity contribution is -0.115. The van der Waals surface area contributed by atoms with Crippen molar-refractivity contribution >= 4 is 17.3 Å². The molecule has 190 valence electrons. The summed E-state index contributed by atoms with van der Waals surface area (Å²) in [5.74, 6) is -0.487. The second kappa shape index (κ2) is 11.8. The molecule has 5 rings (SSSR count). The molecule has 0 radical (unpaired) electrons. The lowest BCUT2D eigenvalue weighted by atomic mass is 10.0. The number of carbonyl (C=O) groups excluding carboxylic acids is 1. The Balaban J connectivity index is 1.05. The minimum Gasteiger partial charge on any atom is -0.371 e. The van der Waals surface area contributed by atoms with Gasteiger partial charge in [-0.15, -0.1) is 0 Å². The van der Waals surface area contributed by atoms with E-state index < -0.39 is 0 Å². The van der Waals surface area contributed by atoms with Crippen LogP contribution in [0.3, 0.4) is 0 Å². The number of piperidine rings is 1. The summed E-state index contributed by atoms with van der Waals surface area (Å²) in [5.41, 5.74) is 5.01. The molecule has 0 atom stereocenters. The molecule has 1 saturated heterocycles. The van der Waals surface area contributed by atoms with Gasteiger partial charge >= 0.3 is 0 Å². The summed E-state index contributed by atoms with van der Waals surface area (Å²) in [7, 11) is 0. The van der Waals surface area contributed by atoms with E-state index in [0.717, 1.165) is 50.4 Å². The highest BCUT2D eigenvalue weighted by atomic mass is 19.1. The Bertz CT molecular complexity index is 1300. The van der Waals surface area contributed by atoms with E-state index in [1.54, 1.807) is 12.1 Å². The van der Waals surface area contributed by atoms with Gasteiger partial charge in [0.15, 0.2) is 0 Å². The molecule has 1 fully saturated rings. The Morgan fingerprint density at radius 1 is 0.919 bits per heavy atom. The lowest BCUT2D eigenvalue weighted by Crippen LogP contribution is -2.42. The monoisotopic (exact) mass is 497 g/mol. The van der Waals surface area contributed by atoms with Gasteiger partial charge in [-0.1, -0.05) is 42.5 Å². The number of benzene rings is 3. The number of hydrogen-bond acceptors (Lipinski definition) is 4. The standard InChI is InChI=1S/C30H32FN5O/c31-26-8-4-7-24(17-26)18-30(37)34-28-9-11-29(12-10-28)35-15-13-27(14-16-35)32-19-25-20-33-36(22-25)21-23-5-2-1-3-6-23/h1-12,17,20,22,27,32H,13-16,18-19,21H2,(H,34,37). The van der Waals surface area contributed by atoms with Crippen LogP contribution in [0.25, 0.3) is 0 Å². The third-order valence-electron chi connectivity index (χ3n) is 6.73. The van der Waals surface area contributed by atoms with Crippen molar-refractivity contribution in [1.82, 2.24) is 15.1 Å². The second-order valence-electron chi connectivity index (χ2n) is 9.58. The first-order chi connectivity index (χ1) is 18.1. The van der Waals surface area contributed by atoms with Crippen molar-refractivity contribution in [3.05, 3.63) is 114 Å². The van der Waals surface area contributed by atoms with Crippen LogP contribution in [0.15, 0.2) is 91.3 Å². The number of rotatable bonds is 9. The molecule has 1 aromatic heterocycles. The van der Waals surface area contributed by atoms with Crippen LogP contribution < -0.4 is 15.5 Å². The minimum atomic E-state index is -0.330. The summed E-state index contributed by atoms with van der Waals surface area (Å²) in [6.45, 7) is 3.57. The van der Waals surface area contributed by atoms with Crippen LogP contribution in [0.1, 0.15) is 29.5 Å². The van der Waals surface area contributed by atoms with Crippen molar-refractivity contribution in [2.75, 3.05) is 23.3 Å². The SMILES string of the molecule is O=C(Cc1cccc(F)c1)Nc1ccc(N2CCC(NCc3cnn(Cc4ccccc4)c3)CC2)cc1. The fourth-order valence-corrected chi connectivity index (χ4v) is 4.75. The molecular formula is C30H32FN5O. The van der Waals surface area contributed by atoms with E-state index in [9.17, 15) is 9.18 Å². The van der Waals surface area contributed by atoms with Gasteiger partial charge in [-0.05, 0) is 60.4 Å². The molecule has 2 heterocycles. The molecule has 0 aliphatic carbocycles. The van der Waals surface area contributed by atoms with Gasteiger partial charge in [-0.25, -0.2) is 4.39 Å². The number of nitrogens with zero attached hydrogens (tertiary/aromatic N) is 3. The van der Waals surface area contributed by atoms with Crippen molar-refractivity contribution in [1.29, 1.82) is 0 Å². The fourth-order valence-electron chi connectivity index (χ4n) is 4.75. The molecule has 1 amide bonds.